The van der Waals surface area contributed by atoms with Crippen molar-refractivity contribution in [3.05, 3.63) is 23.2 Å². The number of aryl methyl sites for hydroxylation is 1. The Balaban J connectivity index is 2.49. The number of nitrogens with one attached hydrogen (secondary N) is 1. The first-order valence-electron chi connectivity index (χ1n) is 7.03. The summed E-state index contributed by atoms with van der Waals surface area (Å²) in [4.78, 5) is 2.32. The summed E-state index contributed by atoms with van der Waals surface area (Å²) >= 11 is 0. The molecule has 1 aromatic rings. The molecule has 0 saturated carbocycles. The Morgan fingerprint density at radius 1 is 1.39 bits per heavy atom. The first kappa shape index (κ1) is 15.3. The minimum absolute atomic E-state index is 0.491. The smallest absolute Gasteiger partial charge is 0.120 e. The van der Waals surface area contributed by atoms with Gasteiger partial charge in [0.05, 0.1) is 13.1 Å². The zero-order chi connectivity index (χ0) is 13.5. The van der Waals surface area contributed by atoms with Crippen molar-refractivity contribution in [3.8, 4) is 0 Å². The van der Waals surface area contributed by atoms with Gasteiger partial charge in [0.15, 0.2) is 0 Å². The molecule has 0 unspecified atom stereocenters. The fourth-order valence-corrected chi connectivity index (χ4v) is 1.91. The van der Waals surface area contributed by atoms with Crippen LogP contribution in [0.4, 0.5) is 0 Å². The zero-order valence-corrected chi connectivity index (χ0v) is 12.5. The van der Waals surface area contributed by atoms with Crippen LogP contribution in [0, 0.1) is 6.92 Å². The van der Waals surface area contributed by atoms with Crippen LogP contribution in [0.15, 0.2) is 10.5 Å². The molecule has 0 aliphatic rings. The summed E-state index contributed by atoms with van der Waals surface area (Å²) in [6.07, 6.45) is 2.49. The van der Waals surface area contributed by atoms with E-state index in [1.165, 1.54) is 18.4 Å². The fourth-order valence-electron chi connectivity index (χ4n) is 1.91. The van der Waals surface area contributed by atoms with Gasteiger partial charge in [0.2, 0.25) is 0 Å². The van der Waals surface area contributed by atoms with E-state index in [-0.39, 0.29) is 0 Å². The third kappa shape index (κ3) is 5.23. The molecule has 1 N–H and O–H groups in total. The first-order chi connectivity index (χ1) is 8.52. The average Bonchev–Trinajstić information content (AvgIpc) is 2.64. The van der Waals surface area contributed by atoms with Crippen LogP contribution in [0.25, 0.3) is 0 Å². The van der Waals surface area contributed by atoms with Crippen molar-refractivity contribution in [3.63, 3.8) is 0 Å². The summed E-state index contributed by atoms with van der Waals surface area (Å²) in [5.41, 5.74) is 1.25. The van der Waals surface area contributed by atoms with Gasteiger partial charge in [0.25, 0.3) is 0 Å². The van der Waals surface area contributed by atoms with Crippen molar-refractivity contribution in [2.24, 2.45) is 0 Å². The molecule has 0 aromatic carbocycles. The van der Waals surface area contributed by atoms with E-state index in [1.54, 1.807) is 0 Å². The molecule has 0 atom stereocenters. The molecule has 18 heavy (non-hydrogen) atoms. The molecule has 0 bridgehead atoms. The summed E-state index contributed by atoms with van der Waals surface area (Å²) in [7, 11) is 2.15. The lowest BCUT2D eigenvalue weighted by Crippen LogP contribution is -2.21. The Morgan fingerprint density at radius 2 is 2.11 bits per heavy atom. The molecular formula is C15H28N2O. The standard InChI is InChI=1S/C15H28N2O/c1-6-7-8-17(5)11-14-9-13(4)15(18-14)10-16-12(2)3/h9,12,16H,6-8,10-11H2,1-5H3. The van der Waals surface area contributed by atoms with Gasteiger partial charge >= 0.3 is 0 Å². The molecule has 1 aromatic heterocycles. The van der Waals surface area contributed by atoms with Gasteiger partial charge in [-0.1, -0.05) is 27.2 Å². The van der Waals surface area contributed by atoms with Crippen molar-refractivity contribution < 1.29 is 4.42 Å². The van der Waals surface area contributed by atoms with Crippen LogP contribution < -0.4 is 5.32 Å². The maximum atomic E-state index is 5.91. The Morgan fingerprint density at radius 3 is 2.72 bits per heavy atom. The molecular weight excluding hydrogens is 224 g/mol. The van der Waals surface area contributed by atoms with Crippen LogP contribution >= 0.6 is 0 Å². The topological polar surface area (TPSA) is 28.4 Å². The maximum absolute atomic E-state index is 5.91. The minimum atomic E-state index is 0.491. The van der Waals surface area contributed by atoms with Crippen LogP contribution in [0.1, 0.15) is 50.7 Å². The summed E-state index contributed by atoms with van der Waals surface area (Å²) < 4.78 is 5.91. The molecule has 0 fully saturated rings. The van der Waals surface area contributed by atoms with E-state index >= 15 is 0 Å². The molecule has 104 valence electrons. The summed E-state index contributed by atoms with van der Waals surface area (Å²) in [5.74, 6) is 2.15. The Bertz CT molecular complexity index is 344. The highest BCUT2D eigenvalue weighted by Crippen LogP contribution is 2.16. The third-order valence-electron chi connectivity index (χ3n) is 3.06. The van der Waals surface area contributed by atoms with Gasteiger partial charge in [-0.05, 0) is 38.6 Å². The highest BCUT2D eigenvalue weighted by Gasteiger charge is 2.09. The van der Waals surface area contributed by atoms with Crippen LogP contribution in [0.2, 0.25) is 0 Å². The van der Waals surface area contributed by atoms with E-state index in [9.17, 15) is 0 Å². The predicted molar refractivity (Wildman–Crippen MR) is 76.7 cm³/mol. The highest BCUT2D eigenvalue weighted by molar-refractivity contribution is 5.20. The van der Waals surface area contributed by atoms with E-state index in [4.69, 9.17) is 4.42 Å². The molecule has 3 heteroatoms. The van der Waals surface area contributed by atoms with Gasteiger partial charge in [-0.25, -0.2) is 0 Å². The Hall–Kier alpha value is -0.800. The number of rotatable bonds is 8. The molecule has 0 aliphatic heterocycles. The average molecular weight is 252 g/mol. The molecule has 0 amide bonds. The second-order valence-corrected chi connectivity index (χ2v) is 5.45. The molecule has 1 rings (SSSR count). The number of unbranched alkanes of at least 4 members (excludes halogenated alkanes) is 1. The van der Waals surface area contributed by atoms with E-state index < -0.39 is 0 Å². The minimum Gasteiger partial charge on any atom is -0.463 e. The largest absolute Gasteiger partial charge is 0.463 e. The first-order valence-corrected chi connectivity index (χ1v) is 7.03. The summed E-state index contributed by atoms with van der Waals surface area (Å²) in [6.45, 7) is 11.5. The Kier molecular flexibility index (Phi) is 6.44. The van der Waals surface area contributed by atoms with Crippen LogP contribution in [0.3, 0.4) is 0 Å². The molecule has 0 radical (unpaired) electrons. The zero-order valence-electron chi connectivity index (χ0n) is 12.5. The van der Waals surface area contributed by atoms with Gasteiger partial charge in [-0.2, -0.15) is 0 Å². The van der Waals surface area contributed by atoms with Crippen molar-refractivity contribution in [1.29, 1.82) is 0 Å². The quantitative estimate of drug-likeness (QED) is 0.769. The summed E-state index contributed by atoms with van der Waals surface area (Å²) in [5, 5.41) is 3.40. The number of furan rings is 1. The van der Waals surface area contributed by atoms with E-state index in [1.807, 2.05) is 0 Å². The van der Waals surface area contributed by atoms with Crippen molar-refractivity contribution >= 4 is 0 Å². The Labute approximate surface area is 112 Å². The summed E-state index contributed by atoms with van der Waals surface area (Å²) in [6, 6.07) is 2.66. The third-order valence-corrected chi connectivity index (χ3v) is 3.06. The van der Waals surface area contributed by atoms with Gasteiger partial charge in [-0.3, -0.25) is 4.90 Å². The lowest BCUT2D eigenvalue weighted by atomic mass is 10.2. The fraction of sp³-hybridized carbons (Fsp3) is 0.733. The number of hydrogen-bond acceptors (Lipinski definition) is 3. The highest BCUT2D eigenvalue weighted by atomic mass is 16.3. The van der Waals surface area contributed by atoms with Crippen LogP contribution in [0.5, 0.6) is 0 Å². The van der Waals surface area contributed by atoms with Gasteiger partial charge in [-0.15, -0.1) is 0 Å². The molecule has 3 nitrogen and oxygen atoms in total. The number of hydrogen-bond donors (Lipinski definition) is 1. The monoisotopic (exact) mass is 252 g/mol. The second-order valence-electron chi connectivity index (χ2n) is 5.45. The predicted octanol–water partition coefficient (Wildman–Crippen LogP) is 3.32. The van der Waals surface area contributed by atoms with E-state index in [0.717, 1.165) is 31.2 Å². The second kappa shape index (κ2) is 7.59. The molecule has 1 heterocycles. The van der Waals surface area contributed by atoms with Crippen molar-refractivity contribution in [1.82, 2.24) is 10.2 Å². The van der Waals surface area contributed by atoms with Crippen LogP contribution in [-0.4, -0.2) is 24.5 Å². The molecule has 0 saturated heterocycles. The van der Waals surface area contributed by atoms with Crippen molar-refractivity contribution in [2.45, 2.75) is 59.7 Å². The molecule has 0 aliphatic carbocycles. The van der Waals surface area contributed by atoms with Gasteiger partial charge in [0.1, 0.15) is 11.5 Å². The van der Waals surface area contributed by atoms with E-state index in [0.29, 0.717) is 6.04 Å². The SMILES string of the molecule is CCCCN(C)Cc1cc(C)c(CNC(C)C)o1. The van der Waals surface area contributed by atoms with Gasteiger partial charge < -0.3 is 9.73 Å². The lowest BCUT2D eigenvalue weighted by Gasteiger charge is -2.14. The molecule has 0 spiro atoms. The van der Waals surface area contributed by atoms with Crippen molar-refractivity contribution in [2.75, 3.05) is 13.6 Å². The number of nitrogens with zero attached hydrogens (tertiary/aromatic N) is 1. The van der Waals surface area contributed by atoms with Gasteiger partial charge in [0, 0.05) is 6.04 Å². The lowest BCUT2D eigenvalue weighted by molar-refractivity contribution is 0.285. The van der Waals surface area contributed by atoms with Crippen LogP contribution in [-0.2, 0) is 13.1 Å². The maximum Gasteiger partial charge on any atom is 0.120 e. The normalized spacial score (nSPS) is 11.7. The van der Waals surface area contributed by atoms with E-state index in [2.05, 4.69) is 51.0 Å².